The molecule has 2 amide bonds. The number of thiophene rings is 1. The zero-order chi connectivity index (χ0) is 21.1. The number of fused-ring (bicyclic) bond motifs is 1. The van der Waals surface area contributed by atoms with Crippen LogP contribution in [0.15, 0.2) is 21.7 Å². The van der Waals surface area contributed by atoms with Gasteiger partial charge >= 0.3 is 11.7 Å². The first-order valence-electron chi connectivity index (χ1n) is 9.13. The highest BCUT2D eigenvalue weighted by Crippen LogP contribution is 2.29. The third-order valence-corrected chi connectivity index (χ3v) is 6.14. The van der Waals surface area contributed by atoms with Crippen LogP contribution in [-0.4, -0.2) is 46.9 Å². The number of carbonyl (C=O) groups is 1. The highest BCUT2D eigenvalue weighted by atomic mass is 32.1. The van der Waals surface area contributed by atoms with E-state index >= 15 is 0 Å². The van der Waals surface area contributed by atoms with Gasteiger partial charge in [-0.2, -0.15) is 8.78 Å². The summed E-state index contributed by atoms with van der Waals surface area (Å²) in [4.78, 5) is 40.7. The van der Waals surface area contributed by atoms with Gasteiger partial charge in [-0.3, -0.25) is 13.9 Å². The predicted octanol–water partition coefficient (Wildman–Crippen LogP) is 1.88. The molecule has 1 saturated heterocycles. The third kappa shape index (κ3) is 4.25. The average Bonchev–Trinajstić information content (AvgIpc) is 3.21. The first kappa shape index (κ1) is 21.2. The van der Waals surface area contributed by atoms with E-state index in [1.807, 2.05) is 0 Å². The van der Waals surface area contributed by atoms with Crippen molar-refractivity contribution in [2.24, 2.45) is 0 Å². The fourth-order valence-electron chi connectivity index (χ4n) is 3.31. The number of ether oxygens (including phenoxy) is 1. The van der Waals surface area contributed by atoms with Crippen LogP contribution in [0.5, 0.6) is 0 Å². The molecule has 0 spiro atoms. The molecule has 0 unspecified atom stereocenters. The molecule has 2 aromatic heterocycles. The molecule has 0 saturated carbocycles. The van der Waals surface area contributed by atoms with Gasteiger partial charge in [0.25, 0.3) is 11.6 Å². The Bertz CT molecular complexity index is 1070. The largest absolute Gasteiger partial charge is 0.383 e. The second kappa shape index (κ2) is 8.87. The second-order valence-corrected chi connectivity index (χ2v) is 7.73. The molecule has 1 aliphatic rings. The molecule has 1 N–H and O–H groups in total. The summed E-state index contributed by atoms with van der Waals surface area (Å²) >= 11 is 1.30. The van der Waals surface area contributed by atoms with Crippen LogP contribution in [0.3, 0.4) is 0 Å². The lowest BCUT2D eigenvalue weighted by molar-refractivity contribution is 0.186. The number of amides is 2. The van der Waals surface area contributed by atoms with Crippen LogP contribution >= 0.6 is 11.3 Å². The summed E-state index contributed by atoms with van der Waals surface area (Å²) in [5, 5.41) is 3.11. The Hall–Kier alpha value is -2.53. The maximum Gasteiger partial charge on any atom is 0.332 e. The average molecular weight is 428 g/mol. The van der Waals surface area contributed by atoms with Crippen LogP contribution in [0, 0.1) is 6.92 Å². The fourth-order valence-corrected chi connectivity index (χ4v) is 4.64. The van der Waals surface area contributed by atoms with Crippen molar-refractivity contribution in [1.82, 2.24) is 19.4 Å². The normalized spacial score (nSPS) is 13.9. The highest BCUT2D eigenvalue weighted by Gasteiger charge is 2.24. The number of methoxy groups -OCH3 is 1. The number of hydrogen-bond acceptors (Lipinski definition) is 5. The van der Waals surface area contributed by atoms with E-state index in [0.29, 0.717) is 41.5 Å². The minimum absolute atomic E-state index is 0.128. The Morgan fingerprint density at radius 3 is 2.62 bits per heavy atom. The van der Waals surface area contributed by atoms with Crippen molar-refractivity contribution in [3.8, 4) is 0 Å². The maximum atomic E-state index is 13.0. The molecule has 8 nitrogen and oxygen atoms in total. The van der Waals surface area contributed by atoms with Gasteiger partial charge in [0.1, 0.15) is 4.83 Å². The predicted molar refractivity (Wildman–Crippen MR) is 106 cm³/mol. The molecule has 1 aliphatic heterocycles. The van der Waals surface area contributed by atoms with Gasteiger partial charge in [0, 0.05) is 31.6 Å². The molecule has 2 aromatic rings. The van der Waals surface area contributed by atoms with Crippen LogP contribution < -0.4 is 16.6 Å². The molecule has 3 heterocycles. The SMILES string of the molecule is COCCn1c(=O)n(CCC=C(F)F)c(=O)c2c(C)c(CN3CCNC3=O)sc21. The van der Waals surface area contributed by atoms with Crippen LogP contribution in [0.2, 0.25) is 0 Å². The number of urea groups is 1. The van der Waals surface area contributed by atoms with Crippen molar-refractivity contribution in [2.45, 2.75) is 33.0 Å². The number of aromatic nitrogens is 2. The Morgan fingerprint density at radius 2 is 2.00 bits per heavy atom. The Kier molecular flexibility index (Phi) is 6.48. The molecule has 1 fully saturated rings. The van der Waals surface area contributed by atoms with Crippen LogP contribution in [0.25, 0.3) is 10.2 Å². The number of hydrogen-bond donors (Lipinski definition) is 1. The summed E-state index contributed by atoms with van der Waals surface area (Å²) < 4.78 is 32.3. The van der Waals surface area contributed by atoms with E-state index in [-0.39, 0.29) is 32.1 Å². The van der Waals surface area contributed by atoms with E-state index < -0.39 is 17.3 Å². The summed E-state index contributed by atoms with van der Waals surface area (Å²) in [6, 6.07) is -0.170. The van der Waals surface area contributed by atoms with Gasteiger partial charge in [-0.15, -0.1) is 11.3 Å². The second-order valence-electron chi connectivity index (χ2n) is 6.65. The zero-order valence-electron chi connectivity index (χ0n) is 16.2. The molecule has 0 aromatic carbocycles. The smallest absolute Gasteiger partial charge is 0.332 e. The topological polar surface area (TPSA) is 85.6 Å². The van der Waals surface area contributed by atoms with Crippen LogP contribution in [-0.2, 0) is 24.4 Å². The first-order chi connectivity index (χ1) is 13.8. The standard InChI is InChI=1S/C18H22F2N4O4S/c1-11-12(10-22-7-5-21-17(22)26)29-16-14(11)15(25)23(6-3-4-13(19)20)18(27)24(16)8-9-28-2/h4H,3,5-10H2,1-2H3,(H,21,26). The summed E-state index contributed by atoms with van der Waals surface area (Å²) in [5.41, 5.74) is -0.363. The molecule has 11 heteroatoms. The molecule has 0 aliphatic carbocycles. The Morgan fingerprint density at radius 1 is 1.24 bits per heavy atom. The molecule has 29 heavy (non-hydrogen) atoms. The lowest BCUT2D eigenvalue weighted by Gasteiger charge is -2.12. The van der Waals surface area contributed by atoms with Crippen molar-refractivity contribution in [1.29, 1.82) is 0 Å². The molecule has 3 rings (SSSR count). The quantitative estimate of drug-likeness (QED) is 0.696. The number of nitrogens with zero attached hydrogens (tertiary/aromatic N) is 3. The summed E-state index contributed by atoms with van der Waals surface area (Å²) in [7, 11) is 1.50. The van der Waals surface area contributed by atoms with Gasteiger partial charge in [-0.05, 0) is 25.0 Å². The molecule has 0 bridgehead atoms. The van der Waals surface area contributed by atoms with E-state index in [0.717, 1.165) is 9.44 Å². The summed E-state index contributed by atoms with van der Waals surface area (Å²) in [6.07, 6.45) is -1.29. The number of allylic oxidation sites excluding steroid dienone is 1. The van der Waals surface area contributed by atoms with Gasteiger partial charge in [-0.1, -0.05) is 0 Å². The molecule has 158 valence electrons. The van der Waals surface area contributed by atoms with E-state index in [4.69, 9.17) is 4.74 Å². The van der Waals surface area contributed by atoms with Gasteiger partial charge in [0.15, 0.2) is 0 Å². The van der Waals surface area contributed by atoms with Gasteiger partial charge in [-0.25, -0.2) is 9.59 Å². The highest BCUT2D eigenvalue weighted by molar-refractivity contribution is 7.18. The van der Waals surface area contributed by atoms with Gasteiger partial charge in [0.05, 0.1) is 25.1 Å². The molecule has 0 atom stereocenters. The van der Waals surface area contributed by atoms with Gasteiger partial charge < -0.3 is 15.0 Å². The Labute approximate surface area is 169 Å². The van der Waals surface area contributed by atoms with E-state index in [2.05, 4.69) is 5.32 Å². The monoisotopic (exact) mass is 428 g/mol. The zero-order valence-corrected chi connectivity index (χ0v) is 17.0. The van der Waals surface area contributed by atoms with Crippen LogP contribution in [0.1, 0.15) is 16.9 Å². The fraction of sp³-hybridized carbons (Fsp3) is 0.500. The third-order valence-electron chi connectivity index (χ3n) is 4.84. The molecular weight excluding hydrogens is 406 g/mol. The van der Waals surface area contributed by atoms with Crippen LogP contribution in [0.4, 0.5) is 13.6 Å². The first-order valence-corrected chi connectivity index (χ1v) is 9.95. The van der Waals surface area contributed by atoms with Crippen molar-refractivity contribution >= 4 is 27.6 Å². The summed E-state index contributed by atoms with van der Waals surface area (Å²) in [6.45, 7) is 3.58. The molecular formula is C18H22F2N4O4S. The minimum atomic E-state index is -1.85. The lowest BCUT2D eigenvalue weighted by Crippen LogP contribution is -2.40. The number of aryl methyl sites for hydroxylation is 1. The Balaban J connectivity index is 2.12. The summed E-state index contributed by atoms with van der Waals surface area (Å²) in [5.74, 6) is 0. The van der Waals surface area contributed by atoms with Crippen molar-refractivity contribution in [3.05, 3.63) is 43.4 Å². The molecule has 0 radical (unpaired) electrons. The lowest BCUT2D eigenvalue weighted by atomic mass is 10.2. The van der Waals surface area contributed by atoms with Crippen molar-refractivity contribution in [3.63, 3.8) is 0 Å². The van der Waals surface area contributed by atoms with E-state index in [1.165, 1.54) is 23.0 Å². The van der Waals surface area contributed by atoms with E-state index in [9.17, 15) is 23.2 Å². The van der Waals surface area contributed by atoms with E-state index in [1.54, 1.807) is 11.8 Å². The number of nitrogens with one attached hydrogen (secondary N) is 1. The van der Waals surface area contributed by atoms with Crippen molar-refractivity contribution in [2.75, 3.05) is 26.8 Å². The minimum Gasteiger partial charge on any atom is -0.383 e. The number of carbonyl (C=O) groups excluding carboxylic acids is 1. The van der Waals surface area contributed by atoms with Crippen molar-refractivity contribution < 1.29 is 18.3 Å². The number of rotatable bonds is 8. The number of halogens is 2. The maximum absolute atomic E-state index is 13.0. The van der Waals surface area contributed by atoms with Gasteiger partial charge in [0.2, 0.25) is 0 Å².